The van der Waals surface area contributed by atoms with Gasteiger partial charge in [0.05, 0.1) is 17.3 Å². The van der Waals surface area contributed by atoms with Crippen LogP contribution in [0.25, 0.3) is 21.8 Å². The molecule has 0 aliphatic heterocycles. The Labute approximate surface area is 137 Å². The second-order valence-corrected chi connectivity index (χ2v) is 5.69. The first kappa shape index (κ1) is 14.7. The first-order chi connectivity index (χ1) is 10.8. The highest BCUT2D eigenvalue weighted by Crippen LogP contribution is 2.30. The molecule has 0 aliphatic carbocycles. The zero-order chi connectivity index (χ0) is 15.4. The van der Waals surface area contributed by atoms with Gasteiger partial charge in [-0.15, -0.1) is 22.9 Å². The van der Waals surface area contributed by atoms with Crippen LogP contribution in [-0.2, 0) is 0 Å². The van der Waals surface area contributed by atoms with Crippen LogP contribution in [0.15, 0.2) is 59.2 Å². The van der Waals surface area contributed by atoms with Crippen molar-refractivity contribution < 1.29 is 0 Å². The maximum atomic E-state index is 5.67. The molecule has 4 nitrogen and oxygen atoms in total. The first-order valence-corrected chi connectivity index (χ1v) is 8.03. The monoisotopic (exact) mass is 328 g/mol. The summed E-state index contributed by atoms with van der Waals surface area (Å²) in [6, 6.07) is 11.7. The summed E-state index contributed by atoms with van der Waals surface area (Å²) in [5, 5.41) is 2.97. The number of benzene rings is 1. The molecule has 0 unspecified atom stereocenters. The van der Waals surface area contributed by atoms with Crippen molar-refractivity contribution in [1.29, 1.82) is 0 Å². The van der Waals surface area contributed by atoms with Gasteiger partial charge in [0.2, 0.25) is 0 Å². The van der Waals surface area contributed by atoms with Gasteiger partial charge in [-0.25, -0.2) is 9.98 Å². The predicted octanol–water partition coefficient (Wildman–Crippen LogP) is 4.10. The standard InChI is InChI=1S/C16H13ClN4S/c17-8-15(18)20-13-5-1-3-11(7-13)14-10-22-16(21-14)12-4-2-6-19-9-12/h1-7,9-10H,8H2,(H2,18,20). The van der Waals surface area contributed by atoms with E-state index in [1.807, 2.05) is 48.0 Å². The molecule has 3 rings (SSSR count). The molecule has 0 radical (unpaired) electrons. The second-order valence-electron chi connectivity index (χ2n) is 4.57. The number of thiazole rings is 1. The fourth-order valence-electron chi connectivity index (χ4n) is 1.96. The van der Waals surface area contributed by atoms with Crippen molar-refractivity contribution in [3.63, 3.8) is 0 Å². The summed E-state index contributed by atoms with van der Waals surface area (Å²) in [7, 11) is 0. The van der Waals surface area contributed by atoms with E-state index in [9.17, 15) is 0 Å². The predicted molar refractivity (Wildman–Crippen MR) is 92.8 cm³/mol. The average Bonchev–Trinajstić information content (AvgIpc) is 3.06. The molecular formula is C16H13ClN4S. The van der Waals surface area contributed by atoms with Gasteiger partial charge in [0.15, 0.2) is 0 Å². The van der Waals surface area contributed by atoms with Crippen molar-refractivity contribution in [2.24, 2.45) is 10.7 Å². The Bertz CT molecular complexity index is 799. The highest BCUT2D eigenvalue weighted by molar-refractivity contribution is 7.13. The normalized spacial score (nSPS) is 11.6. The summed E-state index contributed by atoms with van der Waals surface area (Å²) >= 11 is 7.25. The number of nitrogens with two attached hydrogens (primary N) is 1. The molecule has 1 aromatic carbocycles. The maximum absolute atomic E-state index is 5.67. The van der Waals surface area contributed by atoms with Crippen molar-refractivity contribution >= 4 is 34.5 Å². The van der Waals surface area contributed by atoms with E-state index in [2.05, 4.69) is 15.0 Å². The summed E-state index contributed by atoms with van der Waals surface area (Å²) in [4.78, 5) is 13.0. The van der Waals surface area contributed by atoms with Crippen LogP contribution in [0.2, 0.25) is 0 Å². The van der Waals surface area contributed by atoms with Crippen LogP contribution in [-0.4, -0.2) is 21.7 Å². The van der Waals surface area contributed by atoms with Gasteiger partial charge in [0, 0.05) is 28.9 Å². The molecule has 22 heavy (non-hydrogen) atoms. The average molecular weight is 329 g/mol. The topological polar surface area (TPSA) is 64.2 Å². The zero-order valence-electron chi connectivity index (χ0n) is 11.6. The van der Waals surface area contributed by atoms with Gasteiger partial charge in [-0.05, 0) is 24.3 Å². The van der Waals surface area contributed by atoms with Crippen molar-refractivity contribution in [2.75, 3.05) is 5.88 Å². The Balaban J connectivity index is 1.92. The zero-order valence-corrected chi connectivity index (χ0v) is 13.2. The van der Waals surface area contributed by atoms with Gasteiger partial charge >= 0.3 is 0 Å². The van der Waals surface area contributed by atoms with Gasteiger partial charge in [-0.2, -0.15) is 0 Å². The molecule has 6 heteroatoms. The fraction of sp³-hybridized carbons (Fsp3) is 0.0625. The number of aliphatic imine (C=N–C) groups is 1. The summed E-state index contributed by atoms with van der Waals surface area (Å²) < 4.78 is 0. The maximum Gasteiger partial charge on any atom is 0.125 e. The first-order valence-electron chi connectivity index (χ1n) is 6.61. The molecule has 2 heterocycles. The molecule has 2 aromatic heterocycles. The Morgan fingerprint density at radius 2 is 2.09 bits per heavy atom. The Morgan fingerprint density at radius 3 is 2.86 bits per heavy atom. The molecule has 0 atom stereocenters. The minimum atomic E-state index is 0.214. The lowest BCUT2D eigenvalue weighted by Gasteiger charge is -2.00. The van der Waals surface area contributed by atoms with Gasteiger partial charge < -0.3 is 5.73 Å². The molecule has 0 saturated carbocycles. The lowest BCUT2D eigenvalue weighted by molar-refractivity contribution is 1.31. The number of hydrogen-bond donors (Lipinski definition) is 1. The minimum Gasteiger partial charge on any atom is -0.386 e. The number of hydrogen-bond acceptors (Lipinski definition) is 4. The van der Waals surface area contributed by atoms with Crippen molar-refractivity contribution in [3.8, 4) is 21.8 Å². The molecule has 0 bridgehead atoms. The largest absolute Gasteiger partial charge is 0.386 e. The van der Waals surface area contributed by atoms with Crippen LogP contribution < -0.4 is 5.73 Å². The van der Waals surface area contributed by atoms with Crippen LogP contribution >= 0.6 is 22.9 Å². The van der Waals surface area contributed by atoms with Gasteiger partial charge in [0.1, 0.15) is 10.8 Å². The van der Waals surface area contributed by atoms with E-state index in [0.29, 0.717) is 5.84 Å². The molecule has 110 valence electrons. The molecule has 0 aliphatic rings. The van der Waals surface area contributed by atoms with E-state index < -0.39 is 0 Å². The highest BCUT2D eigenvalue weighted by Gasteiger charge is 2.07. The van der Waals surface area contributed by atoms with Crippen LogP contribution in [0.3, 0.4) is 0 Å². The van der Waals surface area contributed by atoms with Crippen molar-refractivity contribution in [2.45, 2.75) is 0 Å². The van der Waals surface area contributed by atoms with E-state index in [0.717, 1.165) is 27.5 Å². The molecule has 2 N–H and O–H groups in total. The minimum absolute atomic E-state index is 0.214. The molecule has 0 amide bonds. The SMILES string of the molecule is NC(CCl)=Nc1cccc(-c2csc(-c3cccnc3)n2)c1. The Hall–Kier alpha value is -2.24. The number of alkyl halides is 1. The van der Waals surface area contributed by atoms with Crippen molar-refractivity contribution in [1.82, 2.24) is 9.97 Å². The van der Waals surface area contributed by atoms with E-state index in [-0.39, 0.29) is 5.88 Å². The van der Waals surface area contributed by atoms with Crippen LogP contribution in [0, 0.1) is 0 Å². The lowest BCUT2D eigenvalue weighted by atomic mass is 10.1. The summed E-state index contributed by atoms with van der Waals surface area (Å²) in [5.74, 6) is 0.611. The molecule has 3 aromatic rings. The summed E-state index contributed by atoms with van der Waals surface area (Å²) in [6.07, 6.45) is 3.56. The van der Waals surface area contributed by atoms with Crippen molar-refractivity contribution in [3.05, 3.63) is 54.2 Å². The third-order valence-corrected chi connectivity index (χ3v) is 4.13. The number of rotatable bonds is 4. The summed E-state index contributed by atoms with van der Waals surface area (Å²) in [6.45, 7) is 0. The Morgan fingerprint density at radius 1 is 1.23 bits per heavy atom. The second kappa shape index (κ2) is 6.68. The number of nitrogens with zero attached hydrogens (tertiary/aromatic N) is 3. The third-order valence-electron chi connectivity index (χ3n) is 2.96. The van der Waals surface area contributed by atoms with Crippen LogP contribution in [0.5, 0.6) is 0 Å². The van der Waals surface area contributed by atoms with E-state index in [4.69, 9.17) is 17.3 Å². The number of halogens is 1. The smallest absolute Gasteiger partial charge is 0.125 e. The number of pyridine rings is 1. The highest BCUT2D eigenvalue weighted by atomic mass is 35.5. The van der Waals surface area contributed by atoms with Crippen LogP contribution in [0.1, 0.15) is 0 Å². The molecular weight excluding hydrogens is 316 g/mol. The van der Waals surface area contributed by atoms with Crippen LogP contribution in [0.4, 0.5) is 5.69 Å². The number of amidine groups is 1. The Kier molecular flexibility index (Phi) is 4.46. The van der Waals surface area contributed by atoms with Gasteiger partial charge in [-0.1, -0.05) is 12.1 Å². The molecule has 0 fully saturated rings. The van der Waals surface area contributed by atoms with Gasteiger partial charge in [0.25, 0.3) is 0 Å². The van der Waals surface area contributed by atoms with E-state index in [1.54, 1.807) is 17.5 Å². The molecule has 0 saturated heterocycles. The molecule has 0 spiro atoms. The number of aromatic nitrogens is 2. The lowest BCUT2D eigenvalue weighted by Crippen LogP contribution is -2.12. The van der Waals surface area contributed by atoms with E-state index >= 15 is 0 Å². The fourth-order valence-corrected chi connectivity index (χ4v) is 2.84. The quantitative estimate of drug-likeness (QED) is 0.445. The third kappa shape index (κ3) is 3.32. The van der Waals surface area contributed by atoms with Gasteiger partial charge in [-0.3, -0.25) is 4.98 Å². The summed E-state index contributed by atoms with van der Waals surface area (Å²) in [5.41, 5.74) is 9.36. The van der Waals surface area contributed by atoms with E-state index in [1.165, 1.54) is 0 Å².